The van der Waals surface area contributed by atoms with Gasteiger partial charge in [-0.05, 0) is 32.6 Å². The fourth-order valence-corrected chi connectivity index (χ4v) is 0.626. The van der Waals surface area contributed by atoms with Gasteiger partial charge in [0.25, 0.3) is 0 Å². The summed E-state index contributed by atoms with van der Waals surface area (Å²) >= 11 is 0. The normalized spacial score (nSPS) is 8.58. The van der Waals surface area contributed by atoms with Gasteiger partial charge in [-0.25, -0.2) is 0 Å². The third-order valence-corrected chi connectivity index (χ3v) is 1.23. The van der Waals surface area contributed by atoms with E-state index in [0.29, 0.717) is 5.69 Å². The summed E-state index contributed by atoms with van der Waals surface area (Å²) in [7, 11) is 3.75. The Morgan fingerprint density at radius 1 is 1.33 bits per heavy atom. The van der Waals surface area contributed by atoms with Crippen LogP contribution < -0.4 is 11.1 Å². The third-order valence-electron chi connectivity index (χ3n) is 1.23. The molecule has 0 saturated heterocycles. The Bertz CT molecular complexity index is 236. The van der Waals surface area contributed by atoms with Gasteiger partial charge in [0, 0.05) is 11.8 Å². The number of phenolic OH excluding ortho intramolecular Hbond substituents is 1. The van der Waals surface area contributed by atoms with Crippen LogP contribution in [0.15, 0.2) is 18.2 Å². The maximum atomic E-state index is 9.02. The first-order valence-corrected chi connectivity index (χ1v) is 3.75. The molecule has 0 aliphatic heterocycles. The molecule has 1 aromatic rings. The zero-order valence-electron chi connectivity index (χ0n) is 7.76. The SMILES string of the molecule is CNC.Cc1ccc(N)cc1O. The number of anilines is 1. The van der Waals surface area contributed by atoms with Crippen LogP contribution in [0.3, 0.4) is 0 Å². The van der Waals surface area contributed by atoms with Crippen molar-refractivity contribution in [3.63, 3.8) is 0 Å². The quantitative estimate of drug-likeness (QED) is 0.509. The molecule has 0 aliphatic carbocycles. The summed E-state index contributed by atoms with van der Waals surface area (Å²) in [5.74, 6) is 0.259. The van der Waals surface area contributed by atoms with Gasteiger partial charge in [0.15, 0.2) is 0 Å². The molecule has 0 spiro atoms. The number of hydrogen-bond acceptors (Lipinski definition) is 3. The second-order valence-electron chi connectivity index (χ2n) is 2.55. The summed E-state index contributed by atoms with van der Waals surface area (Å²) in [6.07, 6.45) is 0. The minimum atomic E-state index is 0.259. The molecule has 4 N–H and O–H groups in total. The molecule has 0 fully saturated rings. The lowest BCUT2D eigenvalue weighted by molar-refractivity contribution is 0.471. The Morgan fingerprint density at radius 3 is 2.17 bits per heavy atom. The van der Waals surface area contributed by atoms with Crippen LogP contribution in [0.1, 0.15) is 5.56 Å². The molecule has 3 heteroatoms. The summed E-state index contributed by atoms with van der Waals surface area (Å²) in [6, 6.07) is 5.08. The second-order valence-corrected chi connectivity index (χ2v) is 2.55. The van der Waals surface area contributed by atoms with Crippen LogP contribution in [-0.4, -0.2) is 19.2 Å². The number of aryl methyl sites for hydroxylation is 1. The lowest BCUT2D eigenvalue weighted by atomic mass is 10.2. The number of benzene rings is 1. The summed E-state index contributed by atoms with van der Waals surface area (Å²) in [5, 5.41) is 11.8. The van der Waals surface area contributed by atoms with Gasteiger partial charge in [-0.2, -0.15) is 0 Å². The smallest absolute Gasteiger partial charge is 0.120 e. The molecule has 0 heterocycles. The van der Waals surface area contributed by atoms with Gasteiger partial charge >= 0.3 is 0 Å². The van der Waals surface area contributed by atoms with Crippen molar-refractivity contribution < 1.29 is 5.11 Å². The number of nitrogens with one attached hydrogen (secondary N) is 1. The number of nitrogen functional groups attached to an aromatic ring is 1. The summed E-state index contributed by atoms with van der Waals surface area (Å²) in [6.45, 7) is 1.83. The fraction of sp³-hybridized carbons (Fsp3) is 0.333. The standard InChI is InChI=1S/C7H9NO.C2H7N/c1-5-2-3-6(8)4-7(5)9;1-3-2/h2-4,9H,8H2,1H3;3H,1-2H3. The molecule has 0 aliphatic rings. The van der Waals surface area contributed by atoms with Crippen LogP contribution in [0, 0.1) is 6.92 Å². The van der Waals surface area contributed by atoms with Crippen LogP contribution in [0.4, 0.5) is 5.69 Å². The summed E-state index contributed by atoms with van der Waals surface area (Å²) in [5.41, 5.74) is 6.81. The molecule has 1 aromatic carbocycles. The van der Waals surface area contributed by atoms with Crippen LogP contribution in [0.5, 0.6) is 5.75 Å². The highest BCUT2D eigenvalue weighted by molar-refractivity contribution is 5.47. The van der Waals surface area contributed by atoms with E-state index in [9.17, 15) is 0 Å². The second kappa shape index (κ2) is 5.43. The van der Waals surface area contributed by atoms with E-state index in [0.717, 1.165) is 5.56 Å². The van der Waals surface area contributed by atoms with Crippen molar-refractivity contribution in [2.45, 2.75) is 6.92 Å². The van der Waals surface area contributed by atoms with E-state index in [-0.39, 0.29) is 5.75 Å². The average molecular weight is 168 g/mol. The largest absolute Gasteiger partial charge is 0.508 e. The Labute approximate surface area is 73.2 Å². The van der Waals surface area contributed by atoms with Crippen molar-refractivity contribution in [3.8, 4) is 5.75 Å². The van der Waals surface area contributed by atoms with Crippen molar-refractivity contribution in [1.29, 1.82) is 0 Å². The highest BCUT2D eigenvalue weighted by atomic mass is 16.3. The number of phenols is 1. The van der Waals surface area contributed by atoms with Gasteiger partial charge in [-0.3, -0.25) is 0 Å². The molecule has 1 rings (SSSR count). The van der Waals surface area contributed by atoms with E-state index in [2.05, 4.69) is 5.32 Å². The molecular weight excluding hydrogens is 152 g/mol. The average Bonchev–Trinajstić information content (AvgIpc) is 1.99. The zero-order chi connectivity index (χ0) is 9.56. The van der Waals surface area contributed by atoms with E-state index in [1.807, 2.05) is 21.0 Å². The maximum Gasteiger partial charge on any atom is 0.120 e. The van der Waals surface area contributed by atoms with E-state index in [1.165, 1.54) is 6.07 Å². The van der Waals surface area contributed by atoms with Crippen LogP contribution >= 0.6 is 0 Å². The van der Waals surface area contributed by atoms with Gasteiger partial charge in [0.2, 0.25) is 0 Å². The number of nitrogens with two attached hydrogens (primary N) is 1. The molecule has 0 saturated carbocycles. The number of hydrogen-bond donors (Lipinski definition) is 3. The highest BCUT2D eigenvalue weighted by Crippen LogP contribution is 2.17. The molecule has 3 nitrogen and oxygen atoms in total. The first-order chi connectivity index (χ1) is 5.61. The molecule has 0 atom stereocenters. The fourth-order valence-electron chi connectivity index (χ4n) is 0.626. The Morgan fingerprint density at radius 2 is 1.83 bits per heavy atom. The zero-order valence-corrected chi connectivity index (χ0v) is 7.76. The highest BCUT2D eigenvalue weighted by Gasteiger charge is 1.92. The molecule has 0 radical (unpaired) electrons. The van der Waals surface area contributed by atoms with Crippen LogP contribution in [-0.2, 0) is 0 Å². The summed E-state index contributed by atoms with van der Waals surface area (Å²) < 4.78 is 0. The monoisotopic (exact) mass is 168 g/mol. The molecule has 0 unspecified atom stereocenters. The van der Waals surface area contributed by atoms with Crippen molar-refractivity contribution in [1.82, 2.24) is 5.32 Å². The number of rotatable bonds is 0. The van der Waals surface area contributed by atoms with Crippen molar-refractivity contribution in [2.75, 3.05) is 19.8 Å². The van der Waals surface area contributed by atoms with Gasteiger partial charge in [-0.1, -0.05) is 6.07 Å². The first-order valence-electron chi connectivity index (χ1n) is 3.75. The van der Waals surface area contributed by atoms with Gasteiger partial charge < -0.3 is 16.2 Å². The van der Waals surface area contributed by atoms with E-state index >= 15 is 0 Å². The van der Waals surface area contributed by atoms with E-state index in [1.54, 1.807) is 12.1 Å². The summed E-state index contributed by atoms with van der Waals surface area (Å²) in [4.78, 5) is 0. The van der Waals surface area contributed by atoms with E-state index in [4.69, 9.17) is 10.8 Å². The van der Waals surface area contributed by atoms with Gasteiger partial charge in [-0.15, -0.1) is 0 Å². The maximum absolute atomic E-state index is 9.02. The van der Waals surface area contributed by atoms with Crippen LogP contribution in [0.25, 0.3) is 0 Å². The minimum absolute atomic E-state index is 0.259. The van der Waals surface area contributed by atoms with Gasteiger partial charge in [0.1, 0.15) is 5.75 Å². The molecule has 0 amide bonds. The predicted octanol–water partition coefficient (Wildman–Crippen LogP) is 1.12. The minimum Gasteiger partial charge on any atom is -0.508 e. The Kier molecular flexibility index (Phi) is 4.88. The van der Waals surface area contributed by atoms with Crippen molar-refractivity contribution in [2.24, 2.45) is 0 Å². The lowest BCUT2D eigenvalue weighted by Gasteiger charge is -1.97. The molecule has 12 heavy (non-hydrogen) atoms. The Balaban J connectivity index is 0.000000354. The Hall–Kier alpha value is -1.22. The number of aromatic hydroxyl groups is 1. The molecular formula is C9H16N2O. The lowest BCUT2D eigenvalue weighted by Crippen LogP contribution is -1.89. The topological polar surface area (TPSA) is 58.3 Å². The molecule has 0 bridgehead atoms. The first kappa shape index (κ1) is 10.8. The molecule has 68 valence electrons. The van der Waals surface area contributed by atoms with Gasteiger partial charge in [0.05, 0.1) is 0 Å². The van der Waals surface area contributed by atoms with Crippen molar-refractivity contribution in [3.05, 3.63) is 23.8 Å². The third kappa shape index (κ3) is 3.83. The van der Waals surface area contributed by atoms with Crippen molar-refractivity contribution >= 4 is 5.69 Å². The predicted molar refractivity (Wildman–Crippen MR) is 52.2 cm³/mol. The van der Waals surface area contributed by atoms with Crippen LogP contribution in [0.2, 0.25) is 0 Å². The molecule has 0 aromatic heterocycles. The van der Waals surface area contributed by atoms with E-state index < -0.39 is 0 Å².